The summed E-state index contributed by atoms with van der Waals surface area (Å²) >= 11 is 0. The third kappa shape index (κ3) is 4.87. The summed E-state index contributed by atoms with van der Waals surface area (Å²) in [6.07, 6.45) is 8.39. The fourth-order valence-corrected chi connectivity index (χ4v) is 3.11. The molecule has 2 aliphatic rings. The summed E-state index contributed by atoms with van der Waals surface area (Å²) in [4.78, 5) is 0. The molecule has 2 fully saturated rings. The molecular weight excluding hydrogens is 226 g/mol. The average molecular weight is 255 g/mol. The summed E-state index contributed by atoms with van der Waals surface area (Å²) in [6.45, 7) is 7.14. The standard InChI is InChI=1S/C15H29NO2/c1-2-13-4-3-5-15(10-13)18-9-7-16-11-14-6-8-17-12-14/h13-16H,2-12H2,1H3. The lowest BCUT2D eigenvalue weighted by atomic mass is 9.85. The van der Waals surface area contributed by atoms with Gasteiger partial charge >= 0.3 is 0 Å². The second-order valence-corrected chi connectivity index (χ2v) is 5.87. The quantitative estimate of drug-likeness (QED) is 0.709. The zero-order chi connectivity index (χ0) is 12.6. The molecular formula is C15H29NO2. The molecule has 1 aliphatic heterocycles. The Hall–Kier alpha value is -0.120. The van der Waals surface area contributed by atoms with E-state index in [0.717, 1.165) is 44.7 Å². The van der Waals surface area contributed by atoms with Gasteiger partial charge in [-0.25, -0.2) is 0 Å². The van der Waals surface area contributed by atoms with Gasteiger partial charge in [0.15, 0.2) is 0 Å². The molecule has 3 nitrogen and oxygen atoms in total. The minimum absolute atomic E-state index is 0.528. The van der Waals surface area contributed by atoms with E-state index in [1.54, 1.807) is 0 Å². The summed E-state index contributed by atoms with van der Waals surface area (Å²) in [5.74, 6) is 1.64. The van der Waals surface area contributed by atoms with Crippen LogP contribution in [0.4, 0.5) is 0 Å². The van der Waals surface area contributed by atoms with Gasteiger partial charge in [-0.1, -0.05) is 26.2 Å². The summed E-state index contributed by atoms with van der Waals surface area (Å²) in [5.41, 5.74) is 0. The minimum Gasteiger partial charge on any atom is -0.381 e. The first-order valence-electron chi connectivity index (χ1n) is 7.78. The van der Waals surface area contributed by atoms with Crippen LogP contribution in [-0.2, 0) is 9.47 Å². The van der Waals surface area contributed by atoms with Gasteiger partial charge in [0.2, 0.25) is 0 Å². The van der Waals surface area contributed by atoms with Crippen molar-refractivity contribution in [2.24, 2.45) is 11.8 Å². The van der Waals surface area contributed by atoms with Crippen LogP contribution in [0.3, 0.4) is 0 Å². The summed E-state index contributed by atoms with van der Waals surface area (Å²) in [6, 6.07) is 0. The van der Waals surface area contributed by atoms with Gasteiger partial charge in [0, 0.05) is 19.7 Å². The lowest BCUT2D eigenvalue weighted by Crippen LogP contribution is -2.29. The number of nitrogens with one attached hydrogen (secondary N) is 1. The van der Waals surface area contributed by atoms with Crippen LogP contribution in [0.1, 0.15) is 45.4 Å². The van der Waals surface area contributed by atoms with Gasteiger partial charge in [0.1, 0.15) is 0 Å². The molecule has 3 heteroatoms. The molecule has 106 valence electrons. The highest BCUT2D eigenvalue weighted by molar-refractivity contribution is 4.73. The topological polar surface area (TPSA) is 30.5 Å². The van der Waals surface area contributed by atoms with Gasteiger partial charge in [0.25, 0.3) is 0 Å². The fourth-order valence-electron chi connectivity index (χ4n) is 3.11. The second-order valence-electron chi connectivity index (χ2n) is 5.87. The normalized spacial score (nSPS) is 32.8. The highest BCUT2D eigenvalue weighted by atomic mass is 16.5. The van der Waals surface area contributed by atoms with Crippen LogP contribution in [-0.4, -0.2) is 39.0 Å². The fraction of sp³-hybridized carbons (Fsp3) is 1.00. The number of hydrogen-bond donors (Lipinski definition) is 1. The van der Waals surface area contributed by atoms with Gasteiger partial charge < -0.3 is 14.8 Å². The Bertz CT molecular complexity index is 217. The number of rotatable bonds is 7. The van der Waals surface area contributed by atoms with E-state index in [9.17, 15) is 0 Å². The molecule has 3 atom stereocenters. The molecule has 0 amide bonds. The van der Waals surface area contributed by atoms with Gasteiger partial charge in [0.05, 0.1) is 19.3 Å². The molecule has 0 radical (unpaired) electrons. The third-order valence-corrected chi connectivity index (χ3v) is 4.40. The zero-order valence-corrected chi connectivity index (χ0v) is 11.8. The van der Waals surface area contributed by atoms with E-state index in [4.69, 9.17) is 9.47 Å². The predicted octanol–water partition coefficient (Wildman–Crippen LogP) is 2.60. The molecule has 1 heterocycles. The zero-order valence-electron chi connectivity index (χ0n) is 11.8. The first-order valence-corrected chi connectivity index (χ1v) is 7.78. The van der Waals surface area contributed by atoms with E-state index in [-0.39, 0.29) is 0 Å². The Morgan fingerprint density at radius 3 is 2.94 bits per heavy atom. The molecule has 1 N–H and O–H groups in total. The molecule has 1 saturated carbocycles. The first kappa shape index (κ1) is 14.3. The monoisotopic (exact) mass is 255 g/mol. The van der Waals surface area contributed by atoms with Crippen molar-refractivity contribution in [2.75, 3.05) is 32.9 Å². The molecule has 3 unspecified atom stereocenters. The van der Waals surface area contributed by atoms with Gasteiger partial charge in [-0.2, -0.15) is 0 Å². The van der Waals surface area contributed by atoms with E-state index < -0.39 is 0 Å². The van der Waals surface area contributed by atoms with Crippen LogP contribution in [0.15, 0.2) is 0 Å². The van der Waals surface area contributed by atoms with Gasteiger partial charge in [-0.3, -0.25) is 0 Å². The molecule has 1 saturated heterocycles. The van der Waals surface area contributed by atoms with E-state index in [0.29, 0.717) is 6.10 Å². The maximum atomic E-state index is 5.99. The van der Waals surface area contributed by atoms with Crippen molar-refractivity contribution in [1.82, 2.24) is 5.32 Å². The third-order valence-electron chi connectivity index (χ3n) is 4.40. The Morgan fingerprint density at radius 2 is 2.17 bits per heavy atom. The lowest BCUT2D eigenvalue weighted by molar-refractivity contribution is 0.0140. The molecule has 0 aromatic rings. The highest BCUT2D eigenvalue weighted by Crippen LogP contribution is 2.28. The molecule has 0 spiro atoms. The van der Waals surface area contributed by atoms with Crippen LogP contribution in [0.5, 0.6) is 0 Å². The predicted molar refractivity (Wildman–Crippen MR) is 73.8 cm³/mol. The summed E-state index contributed by atoms with van der Waals surface area (Å²) < 4.78 is 11.3. The molecule has 2 rings (SSSR count). The Morgan fingerprint density at radius 1 is 1.22 bits per heavy atom. The van der Waals surface area contributed by atoms with Crippen LogP contribution >= 0.6 is 0 Å². The van der Waals surface area contributed by atoms with Crippen molar-refractivity contribution in [3.05, 3.63) is 0 Å². The first-order chi connectivity index (χ1) is 8.88. The largest absolute Gasteiger partial charge is 0.381 e. The summed E-state index contributed by atoms with van der Waals surface area (Å²) in [7, 11) is 0. The van der Waals surface area contributed by atoms with Gasteiger partial charge in [-0.05, 0) is 31.1 Å². The van der Waals surface area contributed by atoms with Crippen molar-refractivity contribution in [1.29, 1.82) is 0 Å². The Labute approximate surface area is 112 Å². The molecule has 18 heavy (non-hydrogen) atoms. The minimum atomic E-state index is 0.528. The number of hydrogen-bond acceptors (Lipinski definition) is 3. The van der Waals surface area contributed by atoms with E-state index in [1.165, 1.54) is 38.5 Å². The van der Waals surface area contributed by atoms with Crippen molar-refractivity contribution in [2.45, 2.75) is 51.6 Å². The molecule has 0 bridgehead atoms. The van der Waals surface area contributed by atoms with Crippen molar-refractivity contribution >= 4 is 0 Å². The van der Waals surface area contributed by atoms with Gasteiger partial charge in [-0.15, -0.1) is 0 Å². The SMILES string of the molecule is CCC1CCCC(OCCNCC2CCOC2)C1. The summed E-state index contributed by atoms with van der Waals surface area (Å²) in [5, 5.41) is 3.49. The molecule has 0 aromatic heterocycles. The van der Waals surface area contributed by atoms with E-state index in [2.05, 4.69) is 12.2 Å². The van der Waals surface area contributed by atoms with E-state index >= 15 is 0 Å². The van der Waals surface area contributed by atoms with Crippen LogP contribution in [0.2, 0.25) is 0 Å². The maximum Gasteiger partial charge on any atom is 0.0594 e. The number of ether oxygens (including phenoxy) is 2. The average Bonchev–Trinajstić information content (AvgIpc) is 2.92. The maximum absolute atomic E-state index is 5.99. The van der Waals surface area contributed by atoms with Crippen molar-refractivity contribution < 1.29 is 9.47 Å². The van der Waals surface area contributed by atoms with Crippen LogP contribution in [0.25, 0.3) is 0 Å². The van der Waals surface area contributed by atoms with E-state index in [1.807, 2.05) is 0 Å². The Balaban J connectivity index is 1.47. The highest BCUT2D eigenvalue weighted by Gasteiger charge is 2.21. The smallest absolute Gasteiger partial charge is 0.0594 e. The second kappa shape index (κ2) is 8.13. The Kier molecular flexibility index (Phi) is 6.46. The molecule has 0 aromatic carbocycles. The van der Waals surface area contributed by atoms with Crippen molar-refractivity contribution in [3.63, 3.8) is 0 Å². The van der Waals surface area contributed by atoms with Crippen LogP contribution in [0, 0.1) is 11.8 Å². The van der Waals surface area contributed by atoms with Crippen molar-refractivity contribution in [3.8, 4) is 0 Å². The molecule has 1 aliphatic carbocycles. The van der Waals surface area contributed by atoms with Crippen LogP contribution < -0.4 is 5.32 Å². The lowest BCUT2D eigenvalue weighted by Gasteiger charge is -2.28.